The van der Waals surface area contributed by atoms with Crippen LogP contribution in [0.25, 0.3) is 6.08 Å². The van der Waals surface area contributed by atoms with Gasteiger partial charge in [-0.3, -0.25) is 9.48 Å². The SMILES string of the molecule is CCCCn1nc(C)c(/C=C/C(=O)NCCCN2CCCCCC2)c1Cl. The Labute approximate surface area is 162 Å². The maximum Gasteiger partial charge on any atom is 0.244 e. The van der Waals surface area contributed by atoms with Crippen molar-refractivity contribution in [2.45, 2.75) is 65.3 Å². The molecule has 1 saturated heterocycles. The molecule has 1 aromatic rings. The predicted molar refractivity (Wildman–Crippen MR) is 108 cm³/mol. The zero-order valence-electron chi connectivity index (χ0n) is 16.3. The Hall–Kier alpha value is -1.33. The number of hydrogen-bond acceptors (Lipinski definition) is 3. The molecule has 1 aliphatic rings. The molecule has 0 aromatic carbocycles. The van der Waals surface area contributed by atoms with Gasteiger partial charge in [0.1, 0.15) is 5.15 Å². The molecule has 0 spiro atoms. The van der Waals surface area contributed by atoms with Gasteiger partial charge in [0, 0.05) is 24.7 Å². The first-order valence-electron chi connectivity index (χ1n) is 10.0. The van der Waals surface area contributed by atoms with Gasteiger partial charge in [-0.25, -0.2) is 0 Å². The lowest BCUT2D eigenvalue weighted by atomic mass is 10.2. The number of halogens is 1. The number of nitrogens with one attached hydrogen (secondary N) is 1. The highest BCUT2D eigenvalue weighted by atomic mass is 35.5. The van der Waals surface area contributed by atoms with Crippen molar-refractivity contribution in [2.24, 2.45) is 0 Å². The summed E-state index contributed by atoms with van der Waals surface area (Å²) < 4.78 is 1.82. The number of hydrogen-bond donors (Lipinski definition) is 1. The van der Waals surface area contributed by atoms with E-state index in [2.05, 4.69) is 22.2 Å². The van der Waals surface area contributed by atoms with Gasteiger partial charge in [-0.1, -0.05) is 37.8 Å². The summed E-state index contributed by atoms with van der Waals surface area (Å²) in [4.78, 5) is 14.6. The maximum absolute atomic E-state index is 12.0. The zero-order chi connectivity index (χ0) is 18.8. The summed E-state index contributed by atoms with van der Waals surface area (Å²) >= 11 is 6.39. The maximum atomic E-state index is 12.0. The summed E-state index contributed by atoms with van der Waals surface area (Å²) in [6, 6.07) is 0. The Morgan fingerprint density at radius 3 is 2.62 bits per heavy atom. The molecule has 1 N–H and O–H groups in total. The van der Waals surface area contributed by atoms with E-state index in [-0.39, 0.29) is 5.91 Å². The van der Waals surface area contributed by atoms with Gasteiger partial charge in [0.25, 0.3) is 0 Å². The Morgan fingerprint density at radius 1 is 1.19 bits per heavy atom. The quantitative estimate of drug-likeness (QED) is 0.519. The van der Waals surface area contributed by atoms with Crippen molar-refractivity contribution in [1.29, 1.82) is 0 Å². The number of carbonyl (C=O) groups excluding carboxylic acids is 1. The van der Waals surface area contributed by atoms with Crippen molar-refractivity contribution in [3.63, 3.8) is 0 Å². The highest BCUT2D eigenvalue weighted by Crippen LogP contribution is 2.21. The molecule has 0 aliphatic carbocycles. The first-order valence-corrected chi connectivity index (χ1v) is 10.4. The molecule has 5 nitrogen and oxygen atoms in total. The van der Waals surface area contributed by atoms with E-state index in [1.807, 2.05) is 11.6 Å². The van der Waals surface area contributed by atoms with Crippen LogP contribution < -0.4 is 5.32 Å². The zero-order valence-corrected chi connectivity index (χ0v) is 17.0. The minimum absolute atomic E-state index is 0.0716. The second kappa shape index (κ2) is 11.4. The lowest BCUT2D eigenvalue weighted by molar-refractivity contribution is -0.116. The fourth-order valence-corrected chi connectivity index (χ4v) is 3.63. The number of rotatable bonds is 9. The first kappa shape index (κ1) is 21.0. The fraction of sp³-hybridized carbons (Fsp3) is 0.700. The number of aryl methyl sites for hydroxylation is 2. The fourth-order valence-electron chi connectivity index (χ4n) is 3.30. The second-order valence-electron chi connectivity index (χ2n) is 7.10. The van der Waals surface area contributed by atoms with Gasteiger partial charge in [0.05, 0.1) is 5.69 Å². The third kappa shape index (κ3) is 6.76. The van der Waals surface area contributed by atoms with Crippen molar-refractivity contribution < 1.29 is 4.79 Å². The largest absolute Gasteiger partial charge is 0.353 e. The van der Waals surface area contributed by atoms with Crippen molar-refractivity contribution in [1.82, 2.24) is 20.0 Å². The number of carbonyl (C=O) groups is 1. The summed E-state index contributed by atoms with van der Waals surface area (Å²) in [5.41, 5.74) is 1.69. The van der Waals surface area contributed by atoms with Crippen LogP contribution in [0.5, 0.6) is 0 Å². The predicted octanol–water partition coefficient (Wildman–Crippen LogP) is 4.04. The Bertz CT molecular complexity index is 589. The van der Waals surface area contributed by atoms with E-state index in [0.717, 1.165) is 43.6 Å². The monoisotopic (exact) mass is 380 g/mol. The van der Waals surface area contributed by atoms with Crippen LogP contribution in [0, 0.1) is 6.92 Å². The average molecular weight is 381 g/mol. The van der Waals surface area contributed by atoms with Crippen LogP contribution in [-0.4, -0.2) is 46.8 Å². The third-order valence-corrected chi connectivity index (χ3v) is 5.28. The molecular weight excluding hydrogens is 348 g/mol. The average Bonchev–Trinajstić information content (AvgIpc) is 2.81. The Kier molecular flexibility index (Phi) is 9.19. The van der Waals surface area contributed by atoms with Crippen LogP contribution in [0.4, 0.5) is 0 Å². The van der Waals surface area contributed by atoms with Gasteiger partial charge in [-0.05, 0) is 58.3 Å². The summed E-state index contributed by atoms with van der Waals surface area (Å²) in [5.74, 6) is -0.0716. The van der Waals surface area contributed by atoms with E-state index >= 15 is 0 Å². The minimum atomic E-state index is -0.0716. The van der Waals surface area contributed by atoms with Gasteiger partial charge >= 0.3 is 0 Å². The van der Waals surface area contributed by atoms with Crippen LogP contribution in [0.1, 0.15) is 63.1 Å². The molecule has 0 radical (unpaired) electrons. The van der Waals surface area contributed by atoms with Crippen LogP contribution in [-0.2, 0) is 11.3 Å². The molecular formula is C20H33ClN4O. The molecule has 2 rings (SSSR count). The summed E-state index contributed by atoms with van der Waals surface area (Å²) in [5, 5.41) is 8.03. The molecule has 146 valence electrons. The number of nitrogens with zero attached hydrogens (tertiary/aromatic N) is 3. The molecule has 0 bridgehead atoms. The molecule has 1 aromatic heterocycles. The van der Waals surface area contributed by atoms with Crippen LogP contribution in [0.2, 0.25) is 5.15 Å². The lowest BCUT2D eigenvalue weighted by Gasteiger charge is -2.19. The van der Waals surface area contributed by atoms with Gasteiger partial charge in [-0.2, -0.15) is 5.10 Å². The van der Waals surface area contributed by atoms with E-state index in [1.54, 1.807) is 12.2 Å². The molecule has 2 heterocycles. The summed E-state index contributed by atoms with van der Waals surface area (Å²) in [7, 11) is 0. The standard InChI is InChI=1S/C20H33ClN4O/c1-3-4-16-25-20(21)18(17(2)23-25)10-11-19(26)22-12-9-15-24-13-7-5-6-8-14-24/h10-11H,3-9,12-16H2,1-2H3,(H,22,26)/b11-10+. The third-order valence-electron chi connectivity index (χ3n) is 4.88. The summed E-state index contributed by atoms with van der Waals surface area (Å²) in [6.07, 6.45) is 11.8. The molecule has 0 saturated carbocycles. The van der Waals surface area contributed by atoms with Gasteiger partial charge in [0.15, 0.2) is 0 Å². The van der Waals surface area contributed by atoms with Crippen molar-refractivity contribution in [3.8, 4) is 0 Å². The van der Waals surface area contributed by atoms with Crippen molar-refractivity contribution >= 4 is 23.6 Å². The highest BCUT2D eigenvalue weighted by Gasteiger charge is 2.11. The Balaban J connectivity index is 1.74. The number of likely N-dealkylation sites (tertiary alicyclic amines) is 1. The summed E-state index contributed by atoms with van der Waals surface area (Å²) in [6.45, 7) is 9.06. The molecule has 0 atom stereocenters. The molecule has 1 fully saturated rings. The number of aromatic nitrogens is 2. The topological polar surface area (TPSA) is 50.2 Å². The first-order chi connectivity index (χ1) is 12.6. The van der Waals surface area contributed by atoms with Gasteiger partial charge in [0.2, 0.25) is 5.91 Å². The molecule has 1 amide bonds. The van der Waals surface area contributed by atoms with E-state index in [0.29, 0.717) is 11.7 Å². The molecule has 0 unspecified atom stereocenters. The second-order valence-corrected chi connectivity index (χ2v) is 7.46. The molecule has 26 heavy (non-hydrogen) atoms. The van der Waals surface area contributed by atoms with E-state index in [9.17, 15) is 4.79 Å². The van der Waals surface area contributed by atoms with Gasteiger partial charge in [-0.15, -0.1) is 0 Å². The van der Waals surface area contributed by atoms with E-state index in [4.69, 9.17) is 11.6 Å². The van der Waals surface area contributed by atoms with Crippen LogP contribution in [0.15, 0.2) is 6.08 Å². The number of amides is 1. The molecule has 1 aliphatic heterocycles. The van der Waals surface area contributed by atoms with Crippen LogP contribution in [0.3, 0.4) is 0 Å². The molecule has 6 heteroatoms. The normalized spacial score (nSPS) is 16.1. The van der Waals surface area contributed by atoms with Crippen LogP contribution >= 0.6 is 11.6 Å². The smallest absolute Gasteiger partial charge is 0.244 e. The van der Waals surface area contributed by atoms with Crippen molar-refractivity contribution in [2.75, 3.05) is 26.2 Å². The van der Waals surface area contributed by atoms with E-state index in [1.165, 1.54) is 38.8 Å². The van der Waals surface area contributed by atoms with E-state index < -0.39 is 0 Å². The minimum Gasteiger partial charge on any atom is -0.353 e. The number of unbranched alkanes of at least 4 members (excludes halogenated alkanes) is 1. The highest BCUT2D eigenvalue weighted by molar-refractivity contribution is 6.31. The Morgan fingerprint density at radius 2 is 1.92 bits per heavy atom. The van der Waals surface area contributed by atoms with Crippen molar-refractivity contribution in [3.05, 3.63) is 22.5 Å². The van der Waals surface area contributed by atoms with Gasteiger partial charge < -0.3 is 10.2 Å². The lowest BCUT2D eigenvalue weighted by Crippen LogP contribution is -2.30.